The highest BCUT2D eigenvalue weighted by Gasteiger charge is 2.39. The number of hydrogen-bond acceptors (Lipinski definition) is 5. The van der Waals surface area contributed by atoms with Crippen molar-refractivity contribution in [3.05, 3.63) is 102 Å². The van der Waals surface area contributed by atoms with Gasteiger partial charge >= 0.3 is 0 Å². The molecule has 0 aliphatic carbocycles. The lowest BCUT2D eigenvalue weighted by molar-refractivity contribution is -0.137. The number of halogens is 1. The standard InChI is InChI=1S/C29H28FN5O3/c1-20-2-4-21(5-3-20)14-22-15-27(35(16-22)28(36)17-34-19-31-18-32-34)29(37)33-24-8-12-26(13-9-24)38-25-10-6-23(30)7-11-25/h2-13,18-19,22,27H,14-17H2,1H3,(H,33,37)/t22-,27+/m1/s1. The van der Waals surface area contributed by atoms with E-state index in [1.807, 2.05) is 6.92 Å². The number of aromatic nitrogens is 3. The molecule has 0 unspecified atom stereocenters. The SMILES string of the molecule is Cc1ccc(C[C@@H]2C[C@@H](C(=O)Nc3ccc(Oc4ccc(F)cc4)cc3)N(C(=O)Cn3cncn3)C2)cc1. The fourth-order valence-electron chi connectivity index (χ4n) is 4.67. The number of ether oxygens (including phenoxy) is 1. The van der Waals surface area contributed by atoms with Gasteiger partial charge in [0.15, 0.2) is 0 Å². The quantitative estimate of drug-likeness (QED) is 0.372. The van der Waals surface area contributed by atoms with Gasteiger partial charge in [0.25, 0.3) is 0 Å². The van der Waals surface area contributed by atoms with Crippen molar-refractivity contribution in [2.24, 2.45) is 5.92 Å². The van der Waals surface area contributed by atoms with Gasteiger partial charge in [0.05, 0.1) is 0 Å². The van der Waals surface area contributed by atoms with Crippen LogP contribution in [0.5, 0.6) is 11.5 Å². The minimum atomic E-state index is -0.600. The second kappa shape index (κ2) is 11.2. The summed E-state index contributed by atoms with van der Waals surface area (Å²) in [5.74, 6) is 0.464. The number of amides is 2. The summed E-state index contributed by atoms with van der Waals surface area (Å²) in [5, 5.41) is 6.98. The van der Waals surface area contributed by atoms with Gasteiger partial charge in [-0.25, -0.2) is 14.1 Å². The molecule has 5 rings (SSSR count). The number of benzene rings is 3. The van der Waals surface area contributed by atoms with Crippen LogP contribution in [-0.4, -0.2) is 44.1 Å². The highest BCUT2D eigenvalue weighted by Crippen LogP contribution is 2.29. The van der Waals surface area contributed by atoms with Gasteiger partial charge in [-0.05, 0) is 79.8 Å². The molecule has 2 heterocycles. The van der Waals surface area contributed by atoms with Crippen molar-refractivity contribution in [2.45, 2.75) is 32.4 Å². The molecule has 3 aromatic carbocycles. The maximum Gasteiger partial charge on any atom is 0.247 e. The molecule has 194 valence electrons. The van der Waals surface area contributed by atoms with E-state index in [1.54, 1.807) is 41.3 Å². The van der Waals surface area contributed by atoms with Crippen LogP contribution in [0.3, 0.4) is 0 Å². The van der Waals surface area contributed by atoms with E-state index >= 15 is 0 Å². The van der Waals surface area contributed by atoms with E-state index in [2.05, 4.69) is 39.7 Å². The number of rotatable bonds is 8. The third-order valence-electron chi connectivity index (χ3n) is 6.59. The summed E-state index contributed by atoms with van der Waals surface area (Å²) in [6.07, 6.45) is 4.22. The highest BCUT2D eigenvalue weighted by atomic mass is 19.1. The number of anilines is 1. The van der Waals surface area contributed by atoms with E-state index < -0.39 is 6.04 Å². The molecular formula is C29H28FN5O3. The minimum absolute atomic E-state index is 0.0243. The maximum atomic E-state index is 13.4. The molecule has 1 aromatic heterocycles. The third-order valence-corrected chi connectivity index (χ3v) is 6.59. The van der Waals surface area contributed by atoms with Gasteiger partial charge in [-0.3, -0.25) is 9.59 Å². The van der Waals surface area contributed by atoms with Crippen molar-refractivity contribution in [1.29, 1.82) is 0 Å². The summed E-state index contributed by atoms with van der Waals surface area (Å²) >= 11 is 0. The molecule has 2 amide bonds. The van der Waals surface area contributed by atoms with E-state index in [-0.39, 0.29) is 30.1 Å². The summed E-state index contributed by atoms with van der Waals surface area (Å²) < 4.78 is 20.3. The average molecular weight is 514 g/mol. The first kappa shape index (κ1) is 25.1. The normalized spacial score (nSPS) is 16.8. The van der Waals surface area contributed by atoms with Gasteiger partial charge in [0.1, 0.15) is 42.6 Å². The predicted octanol–water partition coefficient (Wildman–Crippen LogP) is 4.62. The molecule has 1 fully saturated rings. The minimum Gasteiger partial charge on any atom is -0.457 e. The molecular weight excluding hydrogens is 485 g/mol. The fourth-order valence-corrected chi connectivity index (χ4v) is 4.67. The second-order valence-electron chi connectivity index (χ2n) is 9.52. The van der Waals surface area contributed by atoms with Gasteiger partial charge in [0.2, 0.25) is 11.8 Å². The van der Waals surface area contributed by atoms with Gasteiger partial charge in [-0.15, -0.1) is 0 Å². The molecule has 0 saturated carbocycles. The van der Waals surface area contributed by atoms with E-state index in [1.165, 1.54) is 40.6 Å². The molecule has 0 radical (unpaired) electrons. The summed E-state index contributed by atoms with van der Waals surface area (Å²) in [4.78, 5) is 32.1. The van der Waals surface area contributed by atoms with Crippen LogP contribution in [0.2, 0.25) is 0 Å². The van der Waals surface area contributed by atoms with Gasteiger partial charge < -0.3 is 15.0 Å². The van der Waals surface area contributed by atoms with Crippen molar-refractivity contribution in [1.82, 2.24) is 19.7 Å². The van der Waals surface area contributed by atoms with Crippen LogP contribution in [0.4, 0.5) is 10.1 Å². The van der Waals surface area contributed by atoms with Crippen LogP contribution in [0.15, 0.2) is 85.5 Å². The van der Waals surface area contributed by atoms with E-state index in [9.17, 15) is 14.0 Å². The van der Waals surface area contributed by atoms with E-state index in [4.69, 9.17) is 4.74 Å². The van der Waals surface area contributed by atoms with Gasteiger partial charge in [0, 0.05) is 12.2 Å². The van der Waals surface area contributed by atoms with Crippen LogP contribution >= 0.6 is 0 Å². The van der Waals surface area contributed by atoms with Crippen LogP contribution in [0.1, 0.15) is 17.5 Å². The monoisotopic (exact) mass is 513 g/mol. The molecule has 0 bridgehead atoms. The topological polar surface area (TPSA) is 89.4 Å². The predicted molar refractivity (Wildman–Crippen MR) is 140 cm³/mol. The number of likely N-dealkylation sites (tertiary alicyclic amines) is 1. The molecule has 4 aromatic rings. The van der Waals surface area contributed by atoms with Crippen molar-refractivity contribution < 1.29 is 18.7 Å². The average Bonchev–Trinajstić information content (AvgIpc) is 3.58. The molecule has 9 heteroatoms. The van der Waals surface area contributed by atoms with Crippen molar-refractivity contribution >= 4 is 17.5 Å². The first-order valence-corrected chi connectivity index (χ1v) is 12.4. The van der Waals surface area contributed by atoms with E-state index in [0.29, 0.717) is 30.2 Å². The third kappa shape index (κ3) is 6.23. The lowest BCUT2D eigenvalue weighted by atomic mass is 9.96. The molecule has 1 N–H and O–H groups in total. The van der Waals surface area contributed by atoms with Crippen LogP contribution in [0, 0.1) is 18.7 Å². The Morgan fingerprint density at radius 3 is 2.34 bits per heavy atom. The number of hydrogen-bond donors (Lipinski definition) is 1. The van der Waals surface area contributed by atoms with E-state index in [0.717, 1.165) is 6.42 Å². The largest absolute Gasteiger partial charge is 0.457 e. The van der Waals surface area contributed by atoms with Gasteiger partial charge in [-0.2, -0.15) is 5.10 Å². The maximum absolute atomic E-state index is 13.4. The Labute approximate surface area is 220 Å². The first-order chi connectivity index (χ1) is 18.4. The molecule has 2 atom stereocenters. The first-order valence-electron chi connectivity index (χ1n) is 12.4. The molecule has 1 saturated heterocycles. The number of carbonyl (C=O) groups excluding carboxylic acids is 2. The zero-order chi connectivity index (χ0) is 26.5. The molecule has 1 aliphatic heterocycles. The van der Waals surface area contributed by atoms with Crippen molar-refractivity contribution in [2.75, 3.05) is 11.9 Å². The van der Waals surface area contributed by atoms with Crippen LogP contribution < -0.4 is 10.1 Å². The molecule has 38 heavy (non-hydrogen) atoms. The van der Waals surface area contributed by atoms with Crippen LogP contribution in [-0.2, 0) is 22.6 Å². The summed E-state index contributed by atoms with van der Waals surface area (Å²) in [6.45, 7) is 2.56. The van der Waals surface area contributed by atoms with Crippen LogP contribution in [0.25, 0.3) is 0 Å². The molecule has 0 spiro atoms. The molecule has 8 nitrogen and oxygen atoms in total. The lowest BCUT2D eigenvalue weighted by Gasteiger charge is -2.24. The Morgan fingerprint density at radius 2 is 1.68 bits per heavy atom. The Bertz CT molecular complexity index is 1370. The Balaban J connectivity index is 1.26. The summed E-state index contributed by atoms with van der Waals surface area (Å²) in [5.41, 5.74) is 2.96. The fraction of sp³-hybridized carbons (Fsp3) is 0.241. The zero-order valence-electron chi connectivity index (χ0n) is 21.0. The Morgan fingerprint density at radius 1 is 1.00 bits per heavy atom. The number of nitrogens with one attached hydrogen (secondary N) is 1. The zero-order valence-corrected chi connectivity index (χ0v) is 21.0. The Kier molecular flexibility index (Phi) is 7.44. The highest BCUT2D eigenvalue weighted by molar-refractivity contribution is 5.97. The summed E-state index contributed by atoms with van der Waals surface area (Å²) in [7, 11) is 0. The Hall–Kier alpha value is -4.53. The van der Waals surface area contributed by atoms with Crippen molar-refractivity contribution in [3.8, 4) is 11.5 Å². The smallest absolute Gasteiger partial charge is 0.247 e. The second-order valence-corrected chi connectivity index (χ2v) is 9.52. The molecule has 1 aliphatic rings. The number of carbonyl (C=O) groups is 2. The number of nitrogens with zero attached hydrogens (tertiary/aromatic N) is 4. The lowest BCUT2D eigenvalue weighted by Crippen LogP contribution is -2.44. The number of aryl methyl sites for hydroxylation is 1. The van der Waals surface area contributed by atoms with Crippen molar-refractivity contribution in [3.63, 3.8) is 0 Å². The van der Waals surface area contributed by atoms with Gasteiger partial charge in [-0.1, -0.05) is 29.8 Å². The summed E-state index contributed by atoms with van der Waals surface area (Å²) in [6, 6.07) is 20.4.